The van der Waals surface area contributed by atoms with Crippen molar-refractivity contribution in [3.8, 4) is 0 Å². The van der Waals surface area contributed by atoms with E-state index in [0.717, 1.165) is 0 Å². The van der Waals surface area contributed by atoms with Crippen molar-refractivity contribution in [2.75, 3.05) is 6.54 Å². The van der Waals surface area contributed by atoms with Gasteiger partial charge in [-0.15, -0.1) is 0 Å². The van der Waals surface area contributed by atoms with Gasteiger partial charge in [-0.3, -0.25) is 0 Å². The molecule has 0 amide bonds. The van der Waals surface area contributed by atoms with Gasteiger partial charge in [-0.25, -0.2) is 0 Å². The molecule has 0 radical (unpaired) electrons. The van der Waals surface area contributed by atoms with Gasteiger partial charge in [0.15, 0.2) is 0 Å². The average Bonchev–Trinajstić information content (AvgIpc) is 2.94. The van der Waals surface area contributed by atoms with E-state index in [0.29, 0.717) is 6.54 Å². The van der Waals surface area contributed by atoms with E-state index in [4.69, 9.17) is 5.73 Å². The maximum Gasteiger partial charge on any atom is 0.0233 e. The van der Waals surface area contributed by atoms with Crippen molar-refractivity contribution in [3.63, 3.8) is 0 Å². The van der Waals surface area contributed by atoms with Crippen molar-refractivity contribution in [2.45, 2.75) is 5.92 Å². The third-order valence-corrected chi connectivity index (χ3v) is 3.46. The lowest BCUT2D eigenvalue weighted by atomic mass is 9.89. The molecule has 3 aromatic rings. The summed E-state index contributed by atoms with van der Waals surface area (Å²) in [6.45, 7) is 0.617. The Hall–Kier alpha value is -2.06. The number of nitrogens with one attached hydrogen (secondary N) is 1. The summed E-state index contributed by atoms with van der Waals surface area (Å²) in [4.78, 5) is 3.11. The number of hydrogen-bond donors (Lipinski definition) is 2. The standard InChI is InChI=1S/C16H16N2/c17-10-16(13-8-9-18-11-13)15-7-3-5-12-4-1-2-6-14(12)15/h1-9,11,16,18H,10,17H2. The lowest BCUT2D eigenvalue weighted by Crippen LogP contribution is -2.13. The second kappa shape index (κ2) is 4.67. The summed E-state index contributed by atoms with van der Waals surface area (Å²) in [6.07, 6.45) is 3.97. The number of aromatic nitrogens is 1. The molecule has 0 saturated heterocycles. The fourth-order valence-corrected chi connectivity index (χ4v) is 2.55. The van der Waals surface area contributed by atoms with Crippen molar-refractivity contribution < 1.29 is 0 Å². The van der Waals surface area contributed by atoms with E-state index in [-0.39, 0.29) is 5.92 Å². The van der Waals surface area contributed by atoms with Crippen molar-refractivity contribution in [1.82, 2.24) is 4.98 Å². The third-order valence-electron chi connectivity index (χ3n) is 3.46. The van der Waals surface area contributed by atoms with Crippen LogP contribution in [0.3, 0.4) is 0 Å². The van der Waals surface area contributed by atoms with Crippen molar-refractivity contribution >= 4 is 10.8 Å². The summed E-state index contributed by atoms with van der Waals surface area (Å²) < 4.78 is 0. The predicted octanol–water partition coefficient (Wildman–Crippen LogP) is 3.26. The molecule has 3 rings (SSSR count). The highest BCUT2D eigenvalue weighted by Gasteiger charge is 2.14. The van der Waals surface area contributed by atoms with Gasteiger partial charge >= 0.3 is 0 Å². The van der Waals surface area contributed by atoms with E-state index >= 15 is 0 Å². The van der Waals surface area contributed by atoms with Gasteiger partial charge in [-0.1, -0.05) is 42.5 Å². The predicted molar refractivity (Wildman–Crippen MR) is 75.6 cm³/mol. The Balaban J connectivity index is 2.18. The molecule has 0 fully saturated rings. The molecular formula is C16H16N2. The first-order valence-electron chi connectivity index (χ1n) is 6.20. The smallest absolute Gasteiger partial charge is 0.0233 e. The molecule has 1 aromatic heterocycles. The minimum Gasteiger partial charge on any atom is -0.367 e. The molecule has 1 atom stereocenters. The molecule has 1 unspecified atom stereocenters. The SMILES string of the molecule is NCC(c1cc[nH]c1)c1cccc2ccccc12. The Labute approximate surface area is 106 Å². The van der Waals surface area contributed by atoms with Crippen molar-refractivity contribution in [3.05, 3.63) is 72.1 Å². The molecule has 0 aliphatic heterocycles. The molecule has 0 spiro atoms. The van der Waals surface area contributed by atoms with E-state index < -0.39 is 0 Å². The fraction of sp³-hybridized carbons (Fsp3) is 0.125. The molecule has 2 aromatic carbocycles. The molecule has 1 heterocycles. The molecule has 0 aliphatic carbocycles. The topological polar surface area (TPSA) is 41.8 Å². The zero-order valence-corrected chi connectivity index (χ0v) is 10.1. The first-order chi connectivity index (χ1) is 8.90. The molecule has 0 aliphatic rings. The fourth-order valence-electron chi connectivity index (χ4n) is 2.55. The van der Waals surface area contributed by atoms with Gasteiger partial charge in [-0.2, -0.15) is 0 Å². The van der Waals surface area contributed by atoms with Crippen LogP contribution in [0.15, 0.2) is 60.9 Å². The first-order valence-corrected chi connectivity index (χ1v) is 6.20. The molecule has 0 bridgehead atoms. The van der Waals surface area contributed by atoms with Crippen LogP contribution < -0.4 is 5.73 Å². The van der Waals surface area contributed by atoms with Gasteiger partial charge in [-0.05, 0) is 28.0 Å². The quantitative estimate of drug-likeness (QED) is 0.720. The van der Waals surface area contributed by atoms with E-state index in [1.54, 1.807) is 0 Å². The number of nitrogens with two attached hydrogens (primary N) is 1. The lowest BCUT2D eigenvalue weighted by molar-refractivity contribution is 0.827. The summed E-state index contributed by atoms with van der Waals surface area (Å²) in [5.74, 6) is 0.252. The summed E-state index contributed by atoms with van der Waals surface area (Å²) in [5, 5.41) is 2.56. The monoisotopic (exact) mass is 236 g/mol. The number of aromatic amines is 1. The van der Waals surface area contributed by atoms with Crippen LogP contribution in [0.25, 0.3) is 10.8 Å². The van der Waals surface area contributed by atoms with Gasteiger partial charge < -0.3 is 10.7 Å². The Morgan fingerprint density at radius 3 is 2.61 bits per heavy atom. The Bertz CT molecular complexity index is 636. The first kappa shape index (κ1) is 11.1. The van der Waals surface area contributed by atoms with Crippen LogP contribution in [-0.4, -0.2) is 11.5 Å². The minimum absolute atomic E-state index is 0.252. The summed E-state index contributed by atoms with van der Waals surface area (Å²) in [6, 6.07) is 17.0. The van der Waals surface area contributed by atoms with Crippen LogP contribution in [-0.2, 0) is 0 Å². The maximum absolute atomic E-state index is 5.97. The highest BCUT2D eigenvalue weighted by atomic mass is 14.6. The highest BCUT2D eigenvalue weighted by Crippen LogP contribution is 2.29. The third kappa shape index (κ3) is 1.81. The van der Waals surface area contributed by atoms with Crippen molar-refractivity contribution in [2.24, 2.45) is 5.73 Å². The number of benzene rings is 2. The molecule has 2 heteroatoms. The van der Waals surface area contributed by atoms with Crippen LogP contribution in [0.4, 0.5) is 0 Å². The minimum atomic E-state index is 0.252. The van der Waals surface area contributed by atoms with Crippen LogP contribution in [0.1, 0.15) is 17.0 Å². The lowest BCUT2D eigenvalue weighted by Gasteiger charge is -2.16. The Morgan fingerprint density at radius 2 is 1.83 bits per heavy atom. The van der Waals surface area contributed by atoms with E-state index in [9.17, 15) is 0 Å². The average molecular weight is 236 g/mol. The van der Waals surface area contributed by atoms with Crippen molar-refractivity contribution in [1.29, 1.82) is 0 Å². The van der Waals surface area contributed by atoms with Crippen LogP contribution in [0, 0.1) is 0 Å². The zero-order chi connectivity index (χ0) is 12.4. The van der Waals surface area contributed by atoms with Gasteiger partial charge in [0, 0.05) is 24.9 Å². The normalized spacial score (nSPS) is 12.7. The molecule has 18 heavy (non-hydrogen) atoms. The number of H-pyrrole nitrogens is 1. The molecule has 90 valence electrons. The zero-order valence-electron chi connectivity index (χ0n) is 10.1. The van der Waals surface area contributed by atoms with Crippen LogP contribution in [0.2, 0.25) is 0 Å². The maximum atomic E-state index is 5.97. The Kier molecular flexibility index (Phi) is 2.87. The number of rotatable bonds is 3. The van der Waals surface area contributed by atoms with E-state index in [1.165, 1.54) is 21.9 Å². The van der Waals surface area contributed by atoms with E-state index in [1.807, 2.05) is 12.4 Å². The number of hydrogen-bond acceptors (Lipinski definition) is 1. The molecule has 0 saturated carbocycles. The van der Waals surface area contributed by atoms with E-state index in [2.05, 4.69) is 53.5 Å². The van der Waals surface area contributed by atoms with Crippen LogP contribution >= 0.6 is 0 Å². The molecule has 2 nitrogen and oxygen atoms in total. The van der Waals surface area contributed by atoms with Gasteiger partial charge in [0.25, 0.3) is 0 Å². The van der Waals surface area contributed by atoms with Gasteiger partial charge in [0.1, 0.15) is 0 Å². The Morgan fingerprint density at radius 1 is 1.00 bits per heavy atom. The highest BCUT2D eigenvalue weighted by molar-refractivity contribution is 5.86. The largest absolute Gasteiger partial charge is 0.367 e. The van der Waals surface area contributed by atoms with Gasteiger partial charge in [0.2, 0.25) is 0 Å². The second-order valence-electron chi connectivity index (χ2n) is 4.50. The number of fused-ring (bicyclic) bond motifs is 1. The second-order valence-corrected chi connectivity index (χ2v) is 4.50. The van der Waals surface area contributed by atoms with Gasteiger partial charge in [0.05, 0.1) is 0 Å². The summed E-state index contributed by atoms with van der Waals surface area (Å²) in [5.41, 5.74) is 8.52. The summed E-state index contributed by atoms with van der Waals surface area (Å²) >= 11 is 0. The molecule has 3 N–H and O–H groups in total. The molecular weight excluding hydrogens is 220 g/mol. The summed E-state index contributed by atoms with van der Waals surface area (Å²) in [7, 11) is 0. The van der Waals surface area contributed by atoms with Crippen LogP contribution in [0.5, 0.6) is 0 Å².